The highest BCUT2D eigenvalue weighted by Crippen LogP contribution is 2.26. The molecular weight excluding hydrogens is 229 g/mol. The summed E-state index contributed by atoms with van der Waals surface area (Å²) in [4.78, 5) is 0. The molecule has 0 spiro atoms. The molecule has 1 saturated heterocycles. The van der Waals surface area contributed by atoms with E-state index >= 15 is 0 Å². The molecule has 100 valence electrons. The minimum atomic E-state index is -0.201. The Morgan fingerprint density at radius 1 is 1.39 bits per heavy atom. The van der Waals surface area contributed by atoms with Crippen molar-refractivity contribution in [2.24, 2.45) is 5.92 Å². The topological polar surface area (TPSA) is 21.3 Å². The summed E-state index contributed by atoms with van der Waals surface area (Å²) in [5.41, 5.74) is 0.916. The molecule has 0 aromatic heterocycles. The SMILES string of the molecule is CC(C)C1CCOC(c2cccc(F)c2)C(C)N1. The van der Waals surface area contributed by atoms with Crippen LogP contribution in [0.15, 0.2) is 24.3 Å². The van der Waals surface area contributed by atoms with Crippen LogP contribution < -0.4 is 5.32 Å². The molecule has 3 atom stereocenters. The van der Waals surface area contributed by atoms with Crippen LogP contribution in [-0.4, -0.2) is 18.7 Å². The van der Waals surface area contributed by atoms with Crippen LogP contribution in [0.4, 0.5) is 4.39 Å². The van der Waals surface area contributed by atoms with Crippen molar-refractivity contribution in [3.8, 4) is 0 Å². The lowest BCUT2D eigenvalue weighted by Crippen LogP contribution is -2.41. The minimum Gasteiger partial charge on any atom is -0.372 e. The smallest absolute Gasteiger partial charge is 0.123 e. The molecule has 3 heteroatoms. The largest absolute Gasteiger partial charge is 0.372 e. The van der Waals surface area contributed by atoms with Gasteiger partial charge in [0.15, 0.2) is 0 Å². The van der Waals surface area contributed by atoms with Gasteiger partial charge < -0.3 is 10.1 Å². The summed E-state index contributed by atoms with van der Waals surface area (Å²) in [6, 6.07) is 7.38. The zero-order valence-electron chi connectivity index (χ0n) is 11.3. The third kappa shape index (κ3) is 3.09. The molecule has 0 aliphatic carbocycles. The van der Waals surface area contributed by atoms with Crippen LogP contribution in [-0.2, 0) is 4.74 Å². The van der Waals surface area contributed by atoms with Crippen molar-refractivity contribution in [2.45, 2.75) is 45.4 Å². The van der Waals surface area contributed by atoms with Gasteiger partial charge in [-0.25, -0.2) is 4.39 Å². The molecule has 18 heavy (non-hydrogen) atoms. The van der Waals surface area contributed by atoms with Crippen LogP contribution in [0.1, 0.15) is 38.9 Å². The van der Waals surface area contributed by atoms with E-state index in [2.05, 4.69) is 26.1 Å². The van der Waals surface area contributed by atoms with E-state index in [1.165, 1.54) is 6.07 Å². The van der Waals surface area contributed by atoms with Crippen molar-refractivity contribution in [3.05, 3.63) is 35.6 Å². The van der Waals surface area contributed by atoms with Gasteiger partial charge in [0, 0.05) is 18.7 Å². The molecule has 0 bridgehead atoms. The van der Waals surface area contributed by atoms with Gasteiger partial charge in [0.25, 0.3) is 0 Å². The number of nitrogens with one attached hydrogen (secondary N) is 1. The van der Waals surface area contributed by atoms with Crippen LogP contribution in [0.5, 0.6) is 0 Å². The third-order valence-electron chi connectivity index (χ3n) is 3.64. The number of benzene rings is 1. The van der Waals surface area contributed by atoms with Gasteiger partial charge in [-0.15, -0.1) is 0 Å². The zero-order valence-corrected chi connectivity index (χ0v) is 11.3. The predicted molar refractivity (Wildman–Crippen MR) is 70.9 cm³/mol. The molecule has 1 aromatic rings. The first-order valence-corrected chi connectivity index (χ1v) is 6.71. The maximum atomic E-state index is 13.3. The molecule has 1 aliphatic heterocycles. The third-order valence-corrected chi connectivity index (χ3v) is 3.64. The van der Waals surface area contributed by atoms with Gasteiger partial charge in [0.2, 0.25) is 0 Å². The van der Waals surface area contributed by atoms with Crippen molar-refractivity contribution in [1.82, 2.24) is 5.32 Å². The van der Waals surface area contributed by atoms with E-state index in [0.29, 0.717) is 12.0 Å². The zero-order chi connectivity index (χ0) is 13.1. The molecule has 1 aromatic carbocycles. The first-order chi connectivity index (χ1) is 8.58. The van der Waals surface area contributed by atoms with E-state index in [4.69, 9.17) is 4.74 Å². The number of rotatable bonds is 2. The Labute approximate surface area is 109 Å². The highest BCUT2D eigenvalue weighted by atomic mass is 19.1. The summed E-state index contributed by atoms with van der Waals surface area (Å²) < 4.78 is 19.2. The Morgan fingerprint density at radius 3 is 2.83 bits per heavy atom. The Balaban J connectivity index is 2.14. The molecule has 1 N–H and O–H groups in total. The fourth-order valence-corrected chi connectivity index (χ4v) is 2.57. The molecule has 2 nitrogen and oxygen atoms in total. The molecular formula is C15H22FNO. The maximum absolute atomic E-state index is 13.3. The summed E-state index contributed by atoms with van der Waals surface area (Å²) in [5, 5.41) is 3.60. The molecule has 0 saturated carbocycles. The monoisotopic (exact) mass is 251 g/mol. The van der Waals surface area contributed by atoms with E-state index in [9.17, 15) is 4.39 Å². The van der Waals surface area contributed by atoms with Crippen LogP contribution in [0.3, 0.4) is 0 Å². The van der Waals surface area contributed by atoms with E-state index in [-0.39, 0.29) is 18.0 Å². The van der Waals surface area contributed by atoms with E-state index in [1.807, 2.05) is 6.07 Å². The first-order valence-electron chi connectivity index (χ1n) is 6.71. The second-order valence-electron chi connectivity index (χ2n) is 5.44. The molecule has 2 rings (SSSR count). The molecule has 0 amide bonds. The number of hydrogen-bond acceptors (Lipinski definition) is 2. The van der Waals surface area contributed by atoms with Gasteiger partial charge in [0.1, 0.15) is 5.82 Å². The average molecular weight is 251 g/mol. The van der Waals surface area contributed by atoms with Crippen molar-refractivity contribution in [2.75, 3.05) is 6.61 Å². The number of hydrogen-bond donors (Lipinski definition) is 1. The molecule has 1 heterocycles. The number of ether oxygens (including phenoxy) is 1. The summed E-state index contributed by atoms with van der Waals surface area (Å²) in [7, 11) is 0. The van der Waals surface area contributed by atoms with Crippen LogP contribution in [0.2, 0.25) is 0 Å². The standard InChI is InChI=1S/C15H22FNO/c1-10(2)14-7-8-18-15(11(3)17-14)12-5-4-6-13(16)9-12/h4-6,9-11,14-15,17H,7-8H2,1-3H3. The van der Waals surface area contributed by atoms with Gasteiger partial charge in [0.05, 0.1) is 6.10 Å². The Kier molecular flexibility index (Phi) is 4.36. The average Bonchev–Trinajstić information content (AvgIpc) is 2.51. The maximum Gasteiger partial charge on any atom is 0.123 e. The van der Waals surface area contributed by atoms with Crippen molar-refractivity contribution >= 4 is 0 Å². The van der Waals surface area contributed by atoms with Crippen molar-refractivity contribution in [3.63, 3.8) is 0 Å². The minimum absolute atomic E-state index is 0.0653. The Hall–Kier alpha value is -0.930. The Morgan fingerprint density at radius 2 is 2.17 bits per heavy atom. The molecule has 0 radical (unpaired) electrons. The second kappa shape index (κ2) is 5.81. The van der Waals surface area contributed by atoms with E-state index in [0.717, 1.165) is 18.6 Å². The van der Waals surface area contributed by atoms with Crippen LogP contribution >= 0.6 is 0 Å². The van der Waals surface area contributed by atoms with Crippen molar-refractivity contribution < 1.29 is 9.13 Å². The van der Waals surface area contributed by atoms with Gasteiger partial charge in [-0.2, -0.15) is 0 Å². The van der Waals surface area contributed by atoms with Gasteiger partial charge in [-0.05, 0) is 37.0 Å². The summed E-state index contributed by atoms with van der Waals surface area (Å²) in [6.45, 7) is 7.26. The lowest BCUT2D eigenvalue weighted by molar-refractivity contribution is 0.0459. The number of halogens is 1. The van der Waals surface area contributed by atoms with Crippen LogP contribution in [0, 0.1) is 11.7 Å². The summed E-state index contributed by atoms with van der Waals surface area (Å²) in [5.74, 6) is 0.385. The molecule has 3 unspecified atom stereocenters. The fraction of sp³-hybridized carbons (Fsp3) is 0.600. The van der Waals surface area contributed by atoms with Gasteiger partial charge in [-0.1, -0.05) is 26.0 Å². The van der Waals surface area contributed by atoms with Crippen molar-refractivity contribution in [1.29, 1.82) is 0 Å². The lowest BCUT2D eigenvalue weighted by atomic mass is 9.99. The summed E-state index contributed by atoms with van der Waals surface area (Å²) in [6.07, 6.45) is 0.942. The molecule has 1 fully saturated rings. The molecule has 1 aliphatic rings. The van der Waals surface area contributed by atoms with Gasteiger partial charge >= 0.3 is 0 Å². The quantitative estimate of drug-likeness (QED) is 0.871. The highest BCUT2D eigenvalue weighted by Gasteiger charge is 2.27. The van der Waals surface area contributed by atoms with E-state index < -0.39 is 0 Å². The predicted octanol–water partition coefficient (Wildman–Crippen LogP) is 3.29. The first kappa shape index (κ1) is 13.5. The normalized spacial score (nSPS) is 29.3. The lowest BCUT2D eigenvalue weighted by Gasteiger charge is -2.26. The highest BCUT2D eigenvalue weighted by molar-refractivity contribution is 5.20. The summed E-state index contributed by atoms with van der Waals surface area (Å²) >= 11 is 0. The van der Waals surface area contributed by atoms with Gasteiger partial charge in [-0.3, -0.25) is 0 Å². The fourth-order valence-electron chi connectivity index (χ4n) is 2.57. The van der Waals surface area contributed by atoms with E-state index in [1.54, 1.807) is 12.1 Å². The second-order valence-corrected chi connectivity index (χ2v) is 5.44. The van der Waals surface area contributed by atoms with Crippen LogP contribution in [0.25, 0.3) is 0 Å². The Bertz CT molecular complexity index is 394.